The van der Waals surface area contributed by atoms with Crippen molar-refractivity contribution in [2.45, 2.75) is 0 Å². The molecule has 0 aliphatic carbocycles. The number of hydrogen-bond acceptors (Lipinski definition) is 2. The van der Waals surface area contributed by atoms with Gasteiger partial charge >= 0.3 is 0 Å². The van der Waals surface area contributed by atoms with Gasteiger partial charge in [-0.25, -0.2) is 4.31 Å². The third kappa shape index (κ3) is 3.87. The van der Waals surface area contributed by atoms with E-state index in [-0.39, 0.29) is 0 Å². The minimum atomic E-state index is -2.02. The van der Waals surface area contributed by atoms with Gasteiger partial charge in [0.1, 0.15) is 0 Å². The quantitative estimate of drug-likeness (QED) is 0.541. The van der Waals surface area contributed by atoms with Gasteiger partial charge < -0.3 is 4.74 Å². The van der Waals surface area contributed by atoms with Crippen molar-refractivity contribution < 1.29 is 8.95 Å². The molecule has 4 heteroatoms. The minimum Gasteiger partial charge on any atom is -0.383 e. The summed E-state index contributed by atoms with van der Waals surface area (Å²) in [6.45, 7) is 1.26. The average Bonchev–Trinajstić information content (AvgIpc) is 1.80. The van der Waals surface area contributed by atoms with Crippen molar-refractivity contribution >= 4 is 15.6 Å². The van der Waals surface area contributed by atoms with Gasteiger partial charge in [0.05, 0.1) is 6.61 Å². The number of likely N-dealkylation sites (N-methyl/N-ethyl adjacent to an activating group) is 1. The van der Waals surface area contributed by atoms with Gasteiger partial charge in [-0.2, -0.15) is 0 Å². The molecule has 0 aliphatic heterocycles. The molecule has 0 aromatic carbocycles. The van der Waals surface area contributed by atoms with E-state index < -0.39 is 9.71 Å². The van der Waals surface area contributed by atoms with Crippen molar-refractivity contribution in [3.8, 4) is 0 Å². The largest absolute Gasteiger partial charge is 0.383 e. The normalized spacial score (nSPS) is 17.2. The maximum absolute atomic E-state index is 11.2. The Balaban J connectivity index is 3.75. The third-order valence-corrected chi connectivity index (χ3v) is 2.77. The van der Waals surface area contributed by atoms with E-state index in [1.165, 1.54) is 0 Å². The van der Waals surface area contributed by atoms with Gasteiger partial charge in [-0.15, -0.1) is 0 Å². The van der Waals surface area contributed by atoms with E-state index in [1.54, 1.807) is 24.7 Å². The zero-order chi connectivity index (χ0) is 8.20. The van der Waals surface area contributed by atoms with E-state index in [0.717, 1.165) is 0 Å². The summed E-state index contributed by atoms with van der Waals surface area (Å²) < 4.78 is 17.7. The SMILES string of the molecule is C=S(C)(=O)N(C)CCOC. The van der Waals surface area contributed by atoms with Crippen LogP contribution in [0.2, 0.25) is 0 Å². The van der Waals surface area contributed by atoms with Crippen LogP contribution in [0.5, 0.6) is 0 Å². The maximum atomic E-state index is 11.2. The van der Waals surface area contributed by atoms with Crippen LogP contribution in [-0.2, 0) is 14.4 Å². The molecule has 0 N–H and O–H groups in total. The lowest BCUT2D eigenvalue weighted by molar-refractivity contribution is 0.186. The van der Waals surface area contributed by atoms with Crippen molar-refractivity contribution in [2.75, 3.05) is 33.6 Å². The molecule has 0 radical (unpaired) electrons. The number of nitrogens with zero attached hydrogens (tertiary/aromatic N) is 1. The number of ether oxygens (including phenoxy) is 1. The van der Waals surface area contributed by atoms with Crippen LogP contribution in [0, 0.1) is 0 Å². The molecule has 0 bridgehead atoms. The van der Waals surface area contributed by atoms with Gasteiger partial charge in [-0.3, -0.25) is 4.21 Å². The molecule has 0 saturated carbocycles. The Morgan fingerprint density at radius 3 is 2.50 bits per heavy atom. The van der Waals surface area contributed by atoms with Crippen molar-refractivity contribution in [2.24, 2.45) is 0 Å². The van der Waals surface area contributed by atoms with Gasteiger partial charge in [0, 0.05) is 29.6 Å². The van der Waals surface area contributed by atoms with E-state index in [4.69, 9.17) is 4.74 Å². The second-order valence-corrected chi connectivity index (χ2v) is 4.85. The van der Waals surface area contributed by atoms with Crippen molar-refractivity contribution in [1.82, 2.24) is 4.31 Å². The first kappa shape index (κ1) is 9.94. The van der Waals surface area contributed by atoms with Crippen LogP contribution in [0.4, 0.5) is 0 Å². The molecule has 0 rings (SSSR count). The Kier molecular flexibility index (Phi) is 3.93. The molecule has 1 atom stereocenters. The molecule has 0 fully saturated rings. The second kappa shape index (κ2) is 3.95. The Bertz CT molecular complexity index is 174. The fraction of sp³-hybridized carbons (Fsp3) is 0.833. The fourth-order valence-corrected chi connectivity index (χ4v) is 0.874. The van der Waals surface area contributed by atoms with Crippen LogP contribution < -0.4 is 0 Å². The zero-order valence-corrected chi connectivity index (χ0v) is 7.61. The molecular weight excluding hydrogens is 150 g/mol. The Hall–Kier alpha value is -0.0600. The molecule has 0 heterocycles. The monoisotopic (exact) mass is 165 g/mol. The lowest BCUT2D eigenvalue weighted by Gasteiger charge is -2.16. The van der Waals surface area contributed by atoms with Crippen LogP contribution in [0.15, 0.2) is 0 Å². The number of methoxy groups -OCH3 is 1. The molecule has 10 heavy (non-hydrogen) atoms. The first-order valence-corrected chi connectivity index (χ1v) is 5.10. The fourth-order valence-electron chi connectivity index (χ4n) is 0.413. The molecule has 1 unspecified atom stereocenters. The Morgan fingerprint density at radius 2 is 2.20 bits per heavy atom. The minimum absolute atomic E-state index is 0.594. The highest BCUT2D eigenvalue weighted by Gasteiger charge is 2.02. The molecule has 0 spiro atoms. The summed E-state index contributed by atoms with van der Waals surface area (Å²) in [5.41, 5.74) is 0. The van der Waals surface area contributed by atoms with E-state index in [2.05, 4.69) is 5.87 Å². The maximum Gasteiger partial charge on any atom is 0.0599 e. The summed E-state index contributed by atoms with van der Waals surface area (Å²) in [4.78, 5) is 0. The highest BCUT2D eigenvalue weighted by Crippen LogP contribution is 1.90. The second-order valence-electron chi connectivity index (χ2n) is 2.30. The van der Waals surface area contributed by atoms with Crippen LogP contribution in [-0.4, -0.2) is 47.9 Å². The molecule has 0 amide bonds. The van der Waals surface area contributed by atoms with Crippen molar-refractivity contribution in [3.63, 3.8) is 0 Å². The Morgan fingerprint density at radius 1 is 1.70 bits per heavy atom. The summed E-state index contributed by atoms with van der Waals surface area (Å²) >= 11 is 0. The highest BCUT2D eigenvalue weighted by atomic mass is 32.2. The summed E-state index contributed by atoms with van der Waals surface area (Å²) in [5, 5.41) is 0. The van der Waals surface area contributed by atoms with Gasteiger partial charge in [-0.1, -0.05) is 0 Å². The van der Waals surface area contributed by atoms with Gasteiger partial charge in [-0.05, 0) is 12.9 Å². The first-order chi connectivity index (χ1) is 4.48. The smallest absolute Gasteiger partial charge is 0.0599 e. The summed E-state index contributed by atoms with van der Waals surface area (Å²) in [7, 11) is 1.37. The lowest BCUT2D eigenvalue weighted by Crippen LogP contribution is -2.28. The summed E-state index contributed by atoms with van der Waals surface area (Å²) in [6.07, 6.45) is 1.61. The van der Waals surface area contributed by atoms with Gasteiger partial charge in [0.25, 0.3) is 0 Å². The van der Waals surface area contributed by atoms with Crippen molar-refractivity contribution in [3.05, 3.63) is 0 Å². The predicted octanol–water partition coefficient (Wildman–Crippen LogP) is -0.174. The summed E-state index contributed by atoms with van der Waals surface area (Å²) in [6, 6.07) is 0. The molecule has 0 aromatic heterocycles. The lowest BCUT2D eigenvalue weighted by atomic mass is 10.7. The summed E-state index contributed by atoms with van der Waals surface area (Å²) in [5.74, 6) is 3.52. The van der Waals surface area contributed by atoms with Gasteiger partial charge in [0.2, 0.25) is 0 Å². The standard InChI is InChI=1S/C6H15NO2S/c1-7(5-6-9-2)10(3,4)8/h3,5-6H2,1-2,4H3. The van der Waals surface area contributed by atoms with E-state index in [0.29, 0.717) is 13.2 Å². The van der Waals surface area contributed by atoms with Crippen LogP contribution in [0.3, 0.4) is 0 Å². The zero-order valence-electron chi connectivity index (χ0n) is 6.79. The molecule has 62 valence electrons. The molecule has 0 saturated heterocycles. The number of hydrogen-bond donors (Lipinski definition) is 0. The van der Waals surface area contributed by atoms with E-state index in [1.807, 2.05) is 0 Å². The first-order valence-electron chi connectivity index (χ1n) is 3.01. The topological polar surface area (TPSA) is 29.5 Å². The highest BCUT2D eigenvalue weighted by molar-refractivity contribution is 7.97. The van der Waals surface area contributed by atoms with E-state index >= 15 is 0 Å². The van der Waals surface area contributed by atoms with Gasteiger partial charge in [0.15, 0.2) is 0 Å². The molecule has 0 aliphatic rings. The molecular formula is C6H15NO2S. The van der Waals surface area contributed by atoms with Crippen molar-refractivity contribution in [1.29, 1.82) is 0 Å². The number of rotatable bonds is 4. The predicted molar refractivity (Wildman–Crippen MR) is 45.7 cm³/mol. The third-order valence-electron chi connectivity index (χ3n) is 1.27. The molecule has 3 nitrogen and oxygen atoms in total. The average molecular weight is 165 g/mol. The van der Waals surface area contributed by atoms with Crippen LogP contribution in [0.1, 0.15) is 0 Å². The molecule has 0 aromatic rings. The van der Waals surface area contributed by atoms with E-state index in [9.17, 15) is 4.21 Å². The Labute approximate surface area is 63.1 Å². The van der Waals surface area contributed by atoms with Crippen LogP contribution in [0.25, 0.3) is 0 Å². The van der Waals surface area contributed by atoms with Crippen LogP contribution >= 0.6 is 0 Å².